The normalized spacial score (nSPS) is 24.5. The highest BCUT2D eigenvalue weighted by molar-refractivity contribution is 5.33. The minimum absolute atomic E-state index is 0.618. The van der Waals surface area contributed by atoms with Crippen LogP contribution in [-0.2, 0) is 13.0 Å². The number of hydrogen-bond donors (Lipinski definition) is 1. The van der Waals surface area contributed by atoms with E-state index in [1.165, 1.54) is 37.9 Å². The maximum atomic E-state index is 3.78. The molecule has 22 heavy (non-hydrogen) atoms. The molecule has 2 unspecified atom stereocenters. The van der Waals surface area contributed by atoms with Crippen LogP contribution >= 0.6 is 0 Å². The van der Waals surface area contributed by atoms with Gasteiger partial charge in [-0.05, 0) is 36.0 Å². The molecule has 1 saturated heterocycles. The van der Waals surface area contributed by atoms with Gasteiger partial charge in [0.1, 0.15) is 0 Å². The molecule has 2 aliphatic rings. The summed E-state index contributed by atoms with van der Waals surface area (Å²) in [7, 11) is 0. The first-order valence-corrected chi connectivity index (χ1v) is 8.49. The van der Waals surface area contributed by atoms with Crippen LogP contribution in [0, 0.1) is 0 Å². The molecule has 2 nitrogen and oxygen atoms in total. The number of rotatable bonds is 3. The quantitative estimate of drug-likeness (QED) is 0.931. The van der Waals surface area contributed by atoms with E-state index in [1.54, 1.807) is 11.1 Å². The molecule has 0 saturated carbocycles. The molecule has 2 aliphatic heterocycles. The monoisotopic (exact) mass is 292 g/mol. The van der Waals surface area contributed by atoms with Crippen LogP contribution in [0.2, 0.25) is 0 Å². The summed E-state index contributed by atoms with van der Waals surface area (Å²) in [6.07, 6.45) is 3.73. The Morgan fingerprint density at radius 1 is 0.955 bits per heavy atom. The third-order valence-electron chi connectivity index (χ3n) is 5.23. The fourth-order valence-electron chi connectivity index (χ4n) is 4.00. The van der Waals surface area contributed by atoms with Crippen molar-refractivity contribution < 1.29 is 0 Å². The average Bonchev–Trinajstić information content (AvgIpc) is 2.60. The Morgan fingerprint density at radius 2 is 1.77 bits per heavy atom. The second-order valence-corrected chi connectivity index (χ2v) is 6.59. The van der Waals surface area contributed by atoms with Gasteiger partial charge in [-0.15, -0.1) is 0 Å². The zero-order chi connectivity index (χ0) is 14.8. The van der Waals surface area contributed by atoms with Gasteiger partial charge in [0.2, 0.25) is 0 Å². The van der Waals surface area contributed by atoms with E-state index in [-0.39, 0.29) is 0 Å². The molecule has 1 fully saturated rings. The van der Waals surface area contributed by atoms with Crippen molar-refractivity contribution in [3.8, 4) is 0 Å². The highest BCUT2D eigenvalue weighted by atomic mass is 15.2. The van der Waals surface area contributed by atoms with Crippen LogP contribution in [0.1, 0.15) is 35.6 Å². The molecule has 114 valence electrons. The molecule has 0 radical (unpaired) electrons. The van der Waals surface area contributed by atoms with Crippen molar-refractivity contribution >= 4 is 0 Å². The molecule has 2 aromatic rings. The summed E-state index contributed by atoms with van der Waals surface area (Å²) in [5.74, 6) is 0. The maximum Gasteiger partial charge on any atom is 0.0365 e. The molecule has 0 spiro atoms. The Kier molecular flexibility index (Phi) is 3.96. The molecular weight excluding hydrogens is 268 g/mol. The number of hydrogen-bond acceptors (Lipinski definition) is 2. The third kappa shape index (κ3) is 2.81. The second kappa shape index (κ2) is 6.23. The fraction of sp³-hybridized carbons (Fsp3) is 0.400. The van der Waals surface area contributed by atoms with Gasteiger partial charge in [-0.3, -0.25) is 4.90 Å². The first kappa shape index (κ1) is 14.0. The lowest BCUT2D eigenvalue weighted by atomic mass is 9.85. The molecule has 0 amide bonds. The highest BCUT2D eigenvalue weighted by Gasteiger charge is 2.32. The van der Waals surface area contributed by atoms with Crippen molar-refractivity contribution in [3.63, 3.8) is 0 Å². The van der Waals surface area contributed by atoms with Gasteiger partial charge < -0.3 is 5.32 Å². The van der Waals surface area contributed by atoms with E-state index >= 15 is 0 Å². The van der Waals surface area contributed by atoms with E-state index < -0.39 is 0 Å². The maximum absolute atomic E-state index is 3.78. The van der Waals surface area contributed by atoms with Gasteiger partial charge in [0, 0.05) is 31.7 Å². The van der Waals surface area contributed by atoms with Crippen molar-refractivity contribution in [2.75, 3.05) is 13.1 Å². The molecule has 2 heteroatoms. The summed E-state index contributed by atoms with van der Waals surface area (Å²) in [5, 5.41) is 3.78. The molecule has 0 aliphatic carbocycles. The van der Waals surface area contributed by atoms with E-state index in [4.69, 9.17) is 0 Å². The fourth-order valence-corrected chi connectivity index (χ4v) is 4.00. The van der Waals surface area contributed by atoms with Crippen molar-refractivity contribution in [1.82, 2.24) is 10.2 Å². The van der Waals surface area contributed by atoms with E-state index in [0.717, 1.165) is 6.54 Å². The summed E-state index contributed by atoms with van der Waals surface area (Å²) >= 11 is 0. The molecule has 0 aromatic heterocycles. The molecule has 4 rings (SSSR count). The van der Waals surface area contributed by atoms with Gasteiger partial charge in [0.15, 0.2) is 0 Å². The highest BCUT2D eigenvalue weighted by Crippen LogP contribution is 2.36. The van der Waals surface area contributed by atoms with Crippen LogP contribution in [0.25, 0.3) is 0 Å². The van der Waals surface area contributed by atoms with E-state index in [0.29, 0.717) is 12.1 Å². The average molecular weight is 292 g/mol. The van der Waals surface area contributed by atoms with Gasteiger partial charge in [0.25, 0.3) is 0 Å². The Labute approximate surface area is 133 Å². The zero-order valence-corrected chi connectivity index (χ0v) is 13.0. The minimum atomic E-state index is 0.618. The molecule has 0 bridgehead atoms. The third-order valence-corrected chi connectivity index (χ3v) is 5.23. The first-order valence-electron chi connectivity index (χ1n) is 8.49. The minimum Gasteiger partial charge on any atom is -0.310 e. The van der Waals surface area contributed by atoms with Gasteiger partial charge in [0.05, 0.1) is 0 Å². The number of nitrogens with one attached hydrogen (secondary N) is 1. The summed E-state index contributed by atoms with van der Waals surface area (Å²) in [6.45, 7) is 3.44. The van der Waals surface area contributed by atoms with Crippen LogP contribution < -0.4 is 5.32 Å². The molecule has 1 N–H and O–H groups in total. The van der Waals surface area contributed by atoms with E-state index in [9.17, 15) is 0 Å². The number of fused-ring (bicyclic) bond motifs is 3. The first-order chi connectivity index (χ1) is 10.9. The topological polar surface area (TPSA) is 15.3 Å². The van der Waals surface area contributed by atoms with Crippen molar-refractivity contribution in [3.05, 3.63) is 71.3 Å². The van der Waals surface area contributed by atoms with Crippen LogP contribution in [0.15, 0.2) is 54.6 Å². The van der Waals surface area contributed by atoms with Crippen molar-refractivity contribution in [1.29, 1.82) is 0 Å². The van der Waals surface area contributed by atoms with Crippen LogP contribution in [0.3, 0.4) is 0 Å². The lowest BCUT2D eigenvalue weighted by Gasteiger charge is -2.43. The standard InChI is InChI=1S/C20H24N2/c1-2-6-16(7-3-1)15-21-18-11-13-22-12-10-17-8-4-5-9-19(17)20(22)14-18/h1-9,18,20-21H,10-15H2. The number of benzene rings is 2. The summed E-state index contributed by atoms with van der Waals surface area (Å²) in [5.41, 5.74) is 4.52. The molecular formula is C20H24N2. The second-order valence-electron chi connectivity index (χ2n) is 6.59. The molecule has 2 aromatic carbocycles. The molecule has 2 heterocycles. The molecule has 2 atom stereocenters. The van der Waals surface area contributed by atoms with Gasteiger partial charge in [-0.1, -0.05) is 54.6 Å². The van der Waals surface area contributed by atoms with Gasteiger partial charge >= 0.3 is 0 Å². The SMILES string of the molecule is c1ccc(CNC2CCN3CCc4ccccc4C3C2)cc1. The Bertz CT molecular complexity index is 623. The Hall–Kier alpha value is -1.64. The summed E-state index contributed by atoms with van der Waals surface area (Å²) < 4.78 is 0. The zero-order valence-electron chi connectivity index (χ0n) is 13.0. The van der Waals surface area contributed by atoms with Gasteiger partial charge in [-0.2, -0.15) is 0 Å². The lowest BCUT2D eigenvalue weighted by Crippen LogP contribution is -2.46. The van der Waals surface area contributed by atoms with Crippen molar-refractivity contribution in [2.24, 2.45) is 0 Å². The Morgan fingerprint density at radius 3 is 2.68 bits per heavy atom. The van der Waals surface area contributed by atoms with E-state index in [1.807, 2.05) is 0 Å². The van der Waals surface area contributed by atoms with Crippen LogP contribution in [0.4, 0.5) is 0 Å². The summed E-state index contributed by atoms with van der Waals surface area (Å²) in [6, 6.07) is 21.0. The Balaban J connectivity index is 1.44. The lowest BCUT2D eigenvalue weighted by molar-refractivity contribution is 0.115. The largest absolute Gasteiger partial charge is 0.310 e. The van der Waals surface area contributed by atoms with E-state index in [2.05, 4.69) is 64.8 Å². The number of nitrogens with zero attached hydrogens (tertiary/aromatic N) is 1. The smallest absolute Gasteiger partial charge is 0.0365 e. The predicted octanol–water partition coefficient (Wildman–Crippen LogP) is 3.54. The van der Waals surface area contributed by atoms with Crippen LogP contribution in [-0.4, -0.2) is 24.0 Å². The summed E-state index contributed by atoms with van der Waals surface area (Å²) in [4.78, 5) is 2.68. The predicted molar refractivity (Wildman–Crippen MR) is 90.8 cm³/mol. The van der Waals surface area contributed by atoms with Gasteiger partial charge in [-0.25, -0.2) is 0 Å². The van der Waals surface area contributed by atoms with Crippen molar-refractivity contribution in [2.45, 2.75) is 37.9 Å². The number of piperidine rings is 1. The van der Waals surface area contributed by atoms with Crippen LogP contribution in [0.5, 0.6) is 0 Å².